The molecule has 0 aliphatic carbocycles. The molecule has 102 valence electrons. The van der Waals surface area contributed by atoms with Gasteiger partial charge in [0.1, 0.15) is 11.5 Å². The predicted octanol–water partition coefficient (Wildman–Crippen LogP) is 4.03. The highest BCUT2D eigenvalue weighted by Crippen LogP contribution is 2.35. The molecule has 2 aromatic rings. The molecule has 0 atom stereocenters. The second-order valence-electron chi connectivity index (χ2n) is 4.02. The fraction of sp³-hybridized carbons (Fsp3) is 0.308. The molecular weight excluding hydrogens is 332 g/mol. The number of alkyl halides is 1. The van der Waals surface area contributed by atoms with Gasteiger partial charge < -0.3 is 9.47 Å². The van der Waals surface area contributed by atoms with Crippen molar-refractivity contribution in [3.05, 3.63) is 33.9 Å². The molecule has 0 spiro atoms. The normalized spacial score (nSPS) is 10.6. The van der Waals surface area contributed by atoms with Gasteiger partial charge in [0, 0.05) is 7.05 Å². The summed E-state index contributed by atoms with van der Waals surface area (Å²) in [6.45, 7) is 1.91. The summed E-state index contributed by atoms with van der Waals surface area (Å²) in [4.78, 5) is 0. The SMILES string of the molecule is COc1ccc(Oc2c(CCl)c(C)nn2C)c(Br)c1. The summed E-state index contributed by atoms with van der Waals surface area (Å²) in [5.41, 5.74) is 1.77. The number of methoxy groups -OCH3 is 1. The van der Waals surface area contributed by atoms with Gasteiger partial charge in [0.15, 0.2) is 0 Å². The first-order chi connectivity index (χ1) is 9.06. The number of nitrogens with zero attached hydrogens (tertiary/aromatic N) is 2. The molecule has 6 heteroatoms. The van der Waals surface area contributed by atoms with E-state index in [1.807, 2.05) is 32.2 Å². The zero-order valence-electron chi connectivity index (χ0n) is 10.9. The third-order valence-electron chi connectivity index (χ3n) is 2.77. The number of ether oxygens (including phenoxy) is 2. The minimum Gasteiger partial charge on any atom is -0.497 e. The van der Waals surface area contributed by atoms with Crippen LogP contribution in [0.3, 0.4) is 0 Å². The maximum Gasteiger partial charge on any atom is 0.222 e. The number of halogens is 2. The molecule has 1 aromatic carbocycles. The highest BCUT2D eigenvalue weighted by atomic mass is 79.9. The summed E-state index contributed by atoms with van der Waals surface area (Å²) in [6.07, 6.45) is 0. The molecule has 19 heavy (non-hydrogen) atoms. The molecule has 0 unspecified atom stereocenters. The van der Waals surface area contributed by atoms with Gasteiger partial charge in [-0.3, -0.25) is 0 Å². The Morgan fingerprint density at radius 3 is 2.74 bits per heavy atom. The first kappa shape index (κ1) is 14.2. The molecule has 0 N–H and O–H groups in total. The number of hydrogen-bond acceptors (Lipinski definition) is 3. The van der Waals surface area contributed by atoms with E-state index in [9.17, 15) is 0 Å². The summed E-state index contributed by atoms with van der Waals surface area (Å²) in [5, 5.41) is 4.31. The number of rotatable bonds is 4. The maximum absolute atomic E-state index is 5.94. The van der Waals surface area contributed by atoms with Crippen LogP contribution >= 0.6 is 27.5 Å². The number of aryl methyl sites for hydroxylation is 2. The Labute approximate surface area is 125 Å². The predicted molar refractivity (Wildman–Crippen MR) is 78.3 cm³/mol. The van der Waals surface area contributed by atoms with Gasteiger partial charge in [-0.05, 0) is 41.1 Å². The monoisotopic (exact) mass is 344 g/mol. The lowest BCUT2D eigenvalue weighted by Crippen LogP contribution is -1.97. The third-order valence-corrected chi connectivity index (χ3v) is 3.66. The topological polar surface area (TPSA) is 36.3 Å². The molecule has 0 fully saturated rings. The van der Waals surface area contributed by atoms with E-state index in [2.05, 4.69) is 21.0 Å². The van der Waals surface area contributed by atoms with Crippen molar-refractivity contribution >= 4 is 27.5 Å². The zero-order chi connectivity index (χ0) is 14.0. The minimum atomic E-state index is 0.364. The standard InChI is InChI=1S/C13H14BrClN2O2/c1-8-10(7-15)13(17(2)16-8)19-12-5-4-9(18-3)6-11(12)14/h4-6H,7H2,1-3H3. The van der Waals surface area contributed by atoms with Crippen molar-refractivity contribution in [3.8, 4) is 17.4 Å². The lowest BCUT2D eigenvalue weighted by molar-refractivity contribution is 0.407. The van der Waals surface area contributed by atoms with Crippen molar-refractivity contribution in [2.24, 2.45) is 7.05 Å². The second kappa shape index (κ2) is 5.84. The largest absolute Gasteiger partial charge is 0.497 e. The van der Waals surface area contributed by atoms with Crippen LogP contribution in [0.5, 0.6) is 17.4 Å². The average molecular weight is 346 g/mol. The van der Waals surface area contributed by atoms with Crippen LogP contribution in [0.4, 0.5) is 0 Å². The highest BCUT2D eigenvalue weighted by molar-refractivity contribution is 9.10. The van der Waals surface area contributed by atoms with E-state index in [1.54, 1.807) is 11.8 Å². The molecule has 0 bridgehead atoms. The Kier molecular flexibility index (Phi) is 4.37. The maximum atomic E-state index is 5.94. The van der Waals surface area contributed by atoms with Gasteiger partial charge in [-0.15, -0.1) is 11.6 Å². The van der Waals surface area contributed by atoms with E-state index in [-0.39, 0.29) is 0 Å². The van der Waals surface area contributed by atoms with Crippen molar-refractivity contribution in [1.29, 1.82) is 0 Å². The highest BCUT2D eigenvalue weighted by Gasteiger charge is 2.15. The Balaban J connectivity index is 2.36. The van der Waals surface area contributed by atoms with Gasteiger partial charge >= 0.3 is 0 Å². The van der Waals surface area contributed by atoms with Crippen molar-refractivity contribution < 1.29 is 9.47 Å². The van der Waals surface area contributed by atoms with E-state index in [1.165, 1.54) is 0 Å². The molecule has 0 aliphatic rings. The zero-order valence-corrected chi connectivity index (χ0v) is 13.2. The molecule has 0 saturated carbocycles. The van der Waals surface area contributed by atoms with Crippen molar-refractivity contribution in [3.63, 3.8) is 0 Å². The molecule has 0 amide bonds. The van der Waals surface area contributed by atoms with Gasteiger partial charge in [-0.25, -0.2) is 4.68 Å². The third kappa shape index (κ3) is 2.87. The molecule has 4 nitrogen and oxygen atoms in total. The lowest BCUT2D eigenvalue weighted by Gasteiger charge is -2.10. The van der Waals surface area contributed by atoms with Crippen molar-refractivity contribution in [2.45, 2.75) is 12.8 Å². The summed E-state index contributed by atoms with van der Waals surface area (Å²) in [6, 6.07) is 5.52. The number of aromatic nitrogens is 2. The average Bonchev–Trinajstić information content (AvgIpc) is 2.66. The van der Waals surface area contributed by atoms with E-state index in [0.717, 1.165) is 21.5 Å². The van der Waals surface area contributed by atoms with Crippen LogP contribution in [0, 0.1) is 6.92 Å². The van der Waals surface area contributed by atoms with Gasteiger partial charge in [-0.2, -0.15) is 5.10 Å². The van der Waals surface area contributed by atoms with E-state index in [0.29, 0.717) is 17.5 Å². The van der Waals surface area contributed by atoms with E-state index in [4.69, 9.17) is 21.1 Å². The minimum absolute atomic E-state index is 0.364. The van der Waals surface area contributed by atoms with Crippen molar-refractivity contribution in [1.82, 2.24) is 9.78 Å². The second-order valence-corrected chi connectivity index (χ2v) is 5.15. The van der Waals surface area contributed by atoms with Crippen LogP contribution in [-0.2, 0) is 12.9 Å². The number of benzene rings is 1. The van der Waals surface area contributed by atoms with Crippen LogP contribution in [0.25, 0.3) is 0 Å². The number of hydrogen-bond donors (Lipinski definition) is 0. The first-order valence-electron chi connectivity index (χ1n) is 5.66. The lowest BCUT2D eigenvalue weighted by atomic mass is 10.3. The Bertz CT molecular complexity index is 599. The van der Waals surface area contributed by atoms with Crippen molar-refractivity contribution in [2.75, 3.05) is 7.11 Å². The summed E-state index contributed by atoms with van der Waals surface area (Å²) < 4.78 is 13.5. The van der Waals surface area contributed by atoms with E-state index < -0.39 is 0 Å². The molecular formula is C13H14BrClN2O2. The molecule has 0 aliphatic heterocycles. The summed E-state index contributed by atoms with van der Waals surface area (Å²) in [7, 11) is 3.45. The van der Waals surface area contributed by atoms with Crippen LogP contribution in [0.2, 0.25) is 0 Å². The Morgan fingerprint density at radius 1 is 1.42 bits per heavy atom. The summed E-state index contributed by atoms with van der Waals surface area (Å²) >= 11 is 9.39. The summed E-state index contributed by atoms with van der Waals surface area (Å²) in [5.74, 6) is 2.47. The molecule has 0 radical (unpaired) electrons. The van der Waals surface area contributed by atoms with Crippen LogP contribution in [0.1, 0.15) is 11.3 Å². The van der Waals surface area contributed by atoms with Crippen LogP contribution in [0.15, 0.2) is 22.7 Å². The quantitative estimate of drug-likeness (QED) is 0.785. The van der Waals surface area contributed by atoms with Crippen LogP contribution < -0.4 is 9.47 Å². The fourth-order valence-electron chi connectivity index (χ4n) is 1.76. The molecule has 1 heterocycles. The van der Waals surface area contributed by atoms with Gasteiger partial charge in [0.05, 0.1) is 28.7 Å². The Hall–Kier alpha value is -1.20. The van der Waals surface area contributed by atoms with Gasteiger partial charge in [-0.1, -0.05) is 0 Å². The molecule has 0 saturated heterocycles. The van der Waals surface area contributed by atoms with Crippen LogP contribution in [-0.4, -0.2) is 16.9 Å². The molecule has 1 aromatic heterocycles. The van der Waals surface area contributed by atoms with Gasteiger partial charge in [0.25, 0.3) is 0 Å². The van der Waals surface area contributed by atoms with E-state index >= 15 is 0 Å². The first-order valence-corrected chi connectivity index (χ1v) is 6.99. The molecule has 2 rings (SSSR count). The fourth-order valence-corrected chi connectivity index (χ4v) is 2.50. The Morgan fingerprint density at radius 2 is 2.16 bits per heavy atom. The smallest absolute Gasteiger partial charge is 0.222 e. The van der Waals surface area contributed by atoms with Gasteiger partial charge in [0.2, 0.25) is 5.88 Å².